The number of carbonyl (C=O) groups is 2. The Hall–Kier alpha value is -2.32. The summed E-state index contributed by atoms with van der Waals surface area (Å²) in [6.45, 7) is 16.0. The fourth-order valence-electron chi connectivity index (χ4n) is 5.07. The van der Waals surface area contributed by atoms with Gasteiger partial charge in [-0.15, -0.1) is 0 Å². The average molecular weight is 505 g/mol. The van der Waals surface area contributed by atoms with E-state index in [0.717, 1.165) is 12.0 Å². The minimum atomic E-state index is -0.971. The van der Waals surface area contributed by atoms with Crippen LogP contribution in [-0.2, 0) is 25.4 Å². The lowest BCUT2D eigenvalue weighted by molar-refractivity contribution is -0.138. The van der Waals surface area contributed by atoms with Gasteiger partial charge in [-0.25, -0.2) is 4.79 Å². The first kappa shape index (κ1) is 28.3. The third-order valence-electron chi connectivity index (χ3n) is 7.04. The van der Waals surface area contributed by atoms with E-state index in [0.29, 0.717) is 25.3 Å². The van der Waals surface area contributed by atoms with E-state index in [1.807, 2.05) is 53.7 Å². The minimum absolute atomic E-state index is 0.0369. The van der Waals surface area contributed by atoms with E-state index in [1.165, 1.54) is 0 Å². The number of hydrogen-bond donors (Lipinski definition) is 2. The van der Waals surface area contributed by atoms with Gasteiger partial charge in [0.05, 0.1) is 24.2 Å². The van der Waals surface area contributed by atoms with Gasteiger partial charge in [-0.1, -0.05) is 32.4 Å². The maximum Gasteiger partial charge on any atom is 0.412 e. The van der Waals surface area contributed by atoms with Crippen LogP contribution in [0, 0.1) is 11.8 Å². The number of carbonyl (C=O) groups excluding carboxylic acids is 2. The van der Waals surface area contributed by atoms with Gasteiger partial charge in [-0.3, -0.25) is 9.69 Å². The van der Waals surface area contributed by atoms with E-state index in [-0.39, 0.29) is 23.7 Å². The van der Waals surface area contributed by atoms with Gasteiger partial charge in [0.25, 0.3) is 0 Å². The van der Waals surface area contributed by atoms with Crippen LogP contribution in [0.25, 0.3) is 0 Å². The fourth-order valence-corrected chi connectivity index (χ4v) is 5.07. The van der Waals surface area contributed by atoms with Crippen molar-refractivity contribution in [3.05, 3.63) is 29.8 Å². The molecule has 0 saturated carbocycles. The van der Waals surface area contributed by atoms with E-state index < -0.39 is 35.7 Å². The summed E-state index contributed by atoms with van der Waals surface area (Å²) >= 11 is 0. The highest BCUT2D eigenvalue weighted by molar-refractivity contribution is 5.80. The quantitative estimate of drug-likeness (QED) is 0.562. The number of amides is 2. The van der Waals surface area contributed by atoms with Crippen LogP contribution in [0.1, 0.15) is 73.8 Å². The maximum absolute atomic E-state index is 13.4. The average Bonchev–Trinajstić information content (AvgIpc) is 3.28. The number of hydrogen-bond acceptors (Lipinski definition) is 6. The van der Waals surface area contributed by atoms with Crippen molar-refractivity contribution in [1.29, 1.82) is 0 Å². The molecule has 2 fully saturated rings. The number of nitrogens with one attached hydrogen (secondary N) is 1. The third-order valence-corrected chi connectivity index (χ3v) is 7.04. The summed E-state index contributed by atoms with van der Waals surface area (Å²) in [6.07, 6.45) is 0.421. The van der Waals surface area contributed by atoms with Crippen molar-refractivity contribution < 1.29 is 28.9 Å². The highest BCUT2D eigenvalue weighted by Crippen LogP contribution is 2.42. The van der Waals surface area contributed by atoms with Crippen molar-refractivity contribution in [2.75, 3.05) is 6.54 Å². The molecule has 2 heterocycles. The topological polar surface area (TPSA) is 97.3 Å². The zero-order valence-electron chi connectivity index (χ0n) is 23.0. The summed E-state index contributed by atoms with van der Waals surface area (Å²) < 4.78 is 18.6. The van der Waals surface area contributed by atoms with Crippen LogP contribution < -0.4 is 5.32 Å². The molecule has 2 aliphatic heterocycles. The molecule has 1 aromatic rings. The predicted molar refractivity (Wildman–Crippen MR) is 138 cm³/mol. The third kappa shape index (κ3) is 6.71. The molecule has 0 bridgehead atoms. The second kappa shape index (κ2) is 11.0. The Morgan fingerprint density at radius 1 is 1.22 bits per heavy atom. The van der Waals surface area contributed by atoms with Gasteiger partial charge in [0, 0.05) is 6.54 Å². The Morgan fingerprint density at radius 3 is 2.44 bits per heavy atom. The number of nitrogens with zero attached hydrogens (tertiary/aromatic N) is 1. The van der Waals surface area contributed by atoms with Crippen LogP contribution in [0.3, 0.4) is 0 Å². The number of benzene rings is 1. The van der Waals surface area contributed by atoms with Crippen molar-refractivity contribution in [2.24, 2.45) is 11.8 Å². The summed E-state index contributed by atoms with van der Waals surface area (Å²) in [5, 5.41) is 12.8. The number of rotatable bonds is 7. The standard InChI is InChI=1S/C28H44N2O6/c1-9-17(2)16-29-25(32)21-14-18(3)34-23(21)24-22(15-19-10-12-20(31)13-11-19)30(28(7,8)35-24)26(33)36-27(4,5)6/h10-13,17-18,21-24,31H,9,14-16H2,1-8H3,(H,29,32)/t17?,18?,21-,22+,23-,24-/m1/s1. The molecule has 6 atom stereocenters. The zero-order chi connectivity index (χ0) is 26.8. The van der Waals surface area contributed by atoms with Gasteiger partial charge in [-0.2, -0.15) is 0 Å². The molecule has 3 rings (SSSR count). The molecule has 0 radical (unpaired) electrons. The number of phenolic OH excluding ortho intramolecular Hbond substituents is 1. The predicted octanol–water partition coefficient (Wildman–Crippen LogP) is 4.63. The molecule has 2 aliphatic rings. The number of aromatic hydroxyl groups is 1. The lowest BCUT2D eigenvalue weighted by Gasteiger charge is -2.35. The molecule has 8 heteroatoms. The van der Waals surface area contributed by atoms with Crippen LogP contribution in [0.5, 0.6) is 5.75 Å². The van der Waals surface area contributed by atoms with Gasteiger partial charge in [-0.05, 0) is 78.0 Å². The summed E-state index contributed by atoms with van der Waals surface area (Å²) in [4.78, 5) is 28.4. The molecule has 2 amide bonds. The molecular weight excluding hydrogens is 460 g/mol. The van der Waals surface area contributed by atoms with Crippen LogP contribution >= 0.6 is 0 Å². The Balaban J connectivity index is 1.94. The molecular formula is C28H44N2O6. The van der Waals surface area contributed by atoms with Gasteiger partial charge in [0.15, 0.2) is 0 Å². The van der Waals surface area contributed by atoms with E-state index in [4.69, 9.17) is 14.2 Å². The lowest BCUT2D eigenvalue weighted by atomic mass is 9.89. The van der Waals surface area contributed by atoms with Crippen LogP contribution in [-0.4, -0.2) is 64.2 Å². The van der Waals surface area contributed by atoms with Crippen LogP contribution in [0.4, 0.5) is 4.79 Å². The van der Waals surface area contributed by atoms with Crippen LogP contribution in [0.2, 0.25) is 0 Å². The van der Waals surface area contributed by atoms with Crippen molar-refractivity contribution >= 4 is 12.0 Å². The summed E-state index contributed by atoms with van der Waals surface area (Å²) in [5.74, 6) is 0.142. The molecule has 1 aromatic carbocycles. The monoisotopic (exact) mass is 504 g/mol. The highest BCUT2D eigenvalue weighted by Gasteiger charge is 2.57. The summed E-state index contributed by atoms with van der Waals surface area (Å²) in [7, 11) is 0. The van der Waals surface area contributed by atoms with Gasteiger partial charge in [0.2, 0.25) is 5.91 Å². The molecule has 0 spiro atoms. The smallest absolute Gasteiger partial charge is 0.412 e. The van der Waals surface area contributed by atoms with Gasteiger partial charge >= 0.3 is 6.09 Å². The van der Waals surface area contributed by atoms with Crippen molar-refractivity contribution in [2.45, 2.75) is 110 Å². The fraction of sp³-hybridized carbons (Fsp3) is 0.714. The second-order valence-electron chi connectivity index (χ2n) is 11.8. The maximum atomic E-state index is 13.4. The highest BCUT2D eigenvalue weighted by atomic mass is 16.6. The van der Waals surface area contributed by atoms with Crippen molar-refractivity contribution in [1.82, 2.24) is 10.2 Å². The van der Waals surface area contributed by atoms with E-state index in [1.54, 1.807) is 17.0 Å². The lowest BCUT2D eigenvalue weighted by Crippen LogP contribution is -2.52. The second-order valence-corrected chi connectivity index (χ2v) is 11.8. The van der Waals surface area contributed by atoms with E-state index in [2.05, 4.69) is 19.2 Å². The Labute approximate surface area is 215 Å². The van der Waals surface area contributed by atoms with E-state index in [9.17, 15) is 14.7 Å². The Morgan fingerprint density at radius 2 is 1.86 bits per heavy atom. The van der Waals surface area contributed by atoms with Crippen molar-refractivity contribution in [3.63, 3.8) is 0 Å². The van der Waals surface area contributed by atoms with E-state index >= 15 is 0 Å². The first-order valence-corrected chi connectivity index (χ1v) is 13.1. The SMILES string of the molecule is CCC(C)CNC(=O)[C@@H]1CC(C)O[C@H]1[C@@H]1OC(C)(C)N(C(=O)OC(C)(C)C)[C@H]1Cc1ccc(O)cc1. The van der Waals surface area contributed by atoms with Gasteiger partial charge in [0.1, 0.15) is 23.2 Å². The number of phenols is 1. The molecule has 2 saturated heterocycles. The van der Waals surface area contributed by atoms with Crippen LogP contribution in [0.15, 0.2) is 24.3 Å². The molecule has 0 aromatic heterocycles. The summed E-state index contributed by atoms with van der Waals surface area (Å²) in [6, 6.07) is 6.49. The normalized spacial score (nSPS) is 28.7. The molecule has 0 aliphatic carbocycles. The van der Waals surface area contributed by atoms with Crippen molar-refractivity contribution in [3.8, 4) is 5.75 Å². The molecule has 2 unspecified atom stereocenters. The molecule has 8 nitrogen and oxygen atoms in total. The Kier molecular flexibility index (Phi) is 8.61. The first-order valence-electron chi connectivity index (χ1n) is 13.1. The number of ether oxygens (including phenoxy) is 3. The first-order chi connectivity index (χ1) is 16.7. The van der Waals surface area contributed by atoms with Gasteiger partial charge < -0.3 is 24.6 Å². The minimum Gasteiger partial charge on any atom is -0.508 e. The Bertz CT molecular complexity index is 910. The molecule has 36 heavy (non-hydrogen) atoms. The molecule has 202 valence electrons. The summed E-state index contributed by atoms with van der Waals surface area (Å²) in [5.41, 5.74) is -0.714. The zero-order valence-corrected chi connectivity index (χ0v) is 23.0. The largest absolute Gasteiger partial charge is 0.508 e. The molecule has 2 N–H and O–H groups in total.